The highest BCUT2D eigenvalue weighted by molar-refractivity contribution is 7.91. The second-order valence-corrected chi connectivity index (χ2v) is 10.2. The van der Waals surface area contributed by atoms with Gasteiger partial charge in [-0.05, 0) is 47.9 Å². The molecule has 1 amide bonds. The summed E-state index contributed by atoms with van der Waals surface area (Å²) in [5.41, 5.74) is 1.53. The smallest absolute Gasteiger partial charge is 0.247 e. The van der Waals surface area contributed by atoms with E-state index in [1.807, 2.05) is 12.1 Å². The number of sulfone groups is 1. The summed E-state index contributed by atoms with van der Waals surface area (Å²) in [6.45, 7) is 0.300. The molecular formula is C20H18Cl3NO3S. The summed E-state index contributed by atoms with van der Waals surface area (Å²) >= 11 is 18.0. The molecule has 1 atom stereocenters. The maximum absolute atomic E-state index is 12.9. The highest BCUT2D eigenvalue weighted by atomic mass is 35.5. The van der Waals surface area contributed by atoms with Gasteiger partial charge in [-0.25, -0.2) is 8.42 Å². The van der Waals surface area contributed by atoms with Gasteiger partial charge in [0.25, 0.3) is 0 Å². The van der Waals surface area contributed by atoms with Gasteiger partial charge in [-0.1, -0.05) is 53.0 Å². The Bertz CT molecular complexity index is 1000. The second kappa shape index (κ2) is 8.87. The largest absolute Gasteiger partial charge is 0.331 e. The Morgan fingerprint density at radius 3 is 2.36 bits per heavy atom. The van der Waals surface area contributed by atoms with E-state index in [1.54, 1.807) is 41.3 Å². The van der Waals surface area contributed by atoms with E-state index in [1.165, 1.54) is 6.08 Å². The van der Waals surface area contributed by atoms with Crippen LogP contribution in [0.25, 0.3) is 6.08 Å². The van der Waals surface area contributed by atoms with Crippen LogP contribution in [0.15, 0.2) is 48.5 Å². The van der Waals surface area contributed by atoms with Crippen LogP contribution < -0.4 is 0 Å². The molecule has 148 valence electrons. The molecule has 1 fully saturated rings. The van der Waals surface area contributed by atoms with Gasteiger partial charge in [-0.15, -0.1) is 0 Å². The Labute approximate surface area is 179 Å². The molecule has 1 aliphatic heterocycles. The van der Waals surface area contributed by atoms with E-state index < -0.39 is 9.84 Å². The molecule has 0 spiro atoms. The summed E-state index contributed by atoms with van der Waals surface area (Å²) < 4.78 is 23.8. The molecule has 28 heavy (non-hydrogen) atoms. The average molecular weight is 459 g/mol. The molecule has 2 aromatic rings. The first-order valence-corrected chi connectivity index (χ1v) is 11.6. The van der Waals surface area contributed by atoms with Crippen LogP contribution in [0, 0.1) is 0 Å². The number of carbonyl (C=O) groups excluding carboxylic acids is 1. The Morgan fingerprint density at radius 2 is 1.75 bits per heavy atom. The summed E-state index contributed by atoms with van der Waals surface area (Å²) in [4.78, 5) is 14.5. The molecule has 1 heterocycles. The van der Waals surface area contributed by atoms with Gasteiger partial charge < -0.3 is 4.90 Å². The zero-order chi connectivity index (χ0) is 20.3. The zero-order valence-electron chi connectivity index (χ0n) is 14.8. The molecule has 1 aliphatic rings. The minimum atomic E-state index is -3.13. The van der Waals surface area contributed by atoms with E-state index in [2.05, 4.69) is 0 Å². The molecule has 0 aromatic heterocycles. The molecule has 8 heteroatoms. The summed E-state index contributed by atoms with van der Waals surface area (Å²) in [7, 11) is -3.13. The fraction of sp³-hybridized carbons (Fsp3) is 0.250. The number of halogens is 3. The van der Waals surface area contributed by atoms with E-state index in [0.717, 1.165) is 5.56 Å². The van der Waals surface area contributed by atoms with E-state index >= 15 is 0 Å². The summed E-state index contributed by atoms with van der Waals surface area (Å²) in [6.07, 6.45) is 3.45. The minimum Gasteiger partial charge on any atom is -0.331 e. The minimum absolute atomic E-state index is 0.0259. The molecule has 2 aromatic carbocycles. The third-order valence-electron chi connectivity index (χ3n) is 4.57. The number of hydrogen-bond donors (Lipinski definition) is 0. The number of rotatable bonds is 5. The van der Waals surface area contributed by atoms with E-state index in [-0.39, 0.29) is 23.5 Å². The fourth-order valence-electron chi connectivity index (χ4n) is 3.09. The van der Waals surface area contributed by atoms with Gasteiger partial charge in [-0.2, -0.15) is 0 Å². The van der Waals surface area contributed by atoms with Crippen LogP contribution in [-0.2, 0) is 21.2 Å². The highest BCUT2D eigenvalue weighted by Crippen LogP contribution is 2.24. The molecular weight excluding hydrogens is 441 g/mol. The standard InChI is InChI=1S/C20H18Cl3NO3S/c21-16-5-1-14(2-6-16)12-24(18-9-10-28(26,27)13-18)20(25)8-4-15-3-7-17(22)11-19(15)23/h1-8,11,18H,9-10,12-13H2/b8-4+/t18-/m0/s1. The fourth-order valence-corrected chi connectivity index (χ4v) is 5.42. The molecule has 0 radical (unpaired) electrons. The normalized spacial score (nSPS) is 18.5. The van der Waals surface area contributed by atoms with Crippen molar-refractivity contribution < 1.29 is 13.2 Å². The Hall–Kier alpha value is -1.53. The van der Waals surface area contributed by atoms with Crippen molar-refractivity contribution in [2.24, 2.45) is 0 Å². The van der Waals surface area contributed by atoms with Crippen molar-refractivity contribution in [1.29, 1.82) is 0 Å². The number of benzene rings is 2. The number of nitrogens with zero attached hydrogens (tertiary/aromatic N) is 1. The first-order chi connectivity index (χ1) is 13.2. The SMILES string of the molecule is O=C(/C=C/c1ccc(Cl)cc1Cl)N(Cc1ccc(Cl)cc1)[C@H]1CCS(=O)(=O)C1. The van der Waals surface area contributed by atoms with Gasteiger partial charge in [-0.3, -0.25) is 4.79 Å². The van der Waals surface area contributed by atoms with Gasteiger partial charge in [0.15, 0.2) is 9.84 Å². The monoisotopic (exact) mass is 457 g/mol. The van der Waals surface area contributed by atoms with Gasteiger partial charge in [0.2, 0.25) is 5.91 Å². The van der Waals surface area contributed by atoms with Gasteiger partial charge >= 0.3 is 0 Å². The Balaban J connectivity index is 1.83. The Kier molecular flexibility index (Phi) is 6.71. The molecule has 1 saturated heterocycles. The molecule has 0 unspecified atom stereocenters. The number of hydrogen-bond acceptors (Lipinski definition) is 3. The van der Waals surface area contributed by atoms with Crippen LogP contribution in [-0.4, -0.2) is 36.8 Å². The van der Waals surface area contributed by atoms with Crippen LogP contribution in [0.3, 0.4) is 0 Å². The van der Waals surface area contributed by atoms with Crippen molar-refractivity contribution in [1.82, 2.24) is 4.90 Å². The molecule has 0 aliphatic carbocycles. The third kappa shape index (κ3) is 5.51. The molecule has 0 saturated carbocycles. The maximum Gasteiger partial charge on any atom is 0.247 e. The lowest BCUT2D eigenvalue weighted by molar-refractivity contribution is -0.128. The molecule has 4 nitrogen and oxygen atoms in total. The van der Waals surface area contributed by atoms with Crippen LogP contribution in [0.4, 0.5) is 0 Å². The van der Waals surface area contributed by atoms with Crippen LogP contribution in [0.1, 0.15) is 17.5 Å². The van der Waals surface area contributed by atoms with Gasteiger partial charge in [0.05, 0.1) is 11.5 Å². The van der Waals surface area contributed by atoms with Gasteiger partial charge in [0, 0.05) is 33.7 Å². The van der Waals surface area contributed by atoms with Crippen LogP contribution in [0.2, 0.25) is 15.1 Å². The first kappa shape index (κ1) is 21.2. The van der Waals surface area contributed by atoms with Crippen molar-refractivity contribution >= 4 is 56.6 Å². The molecule has 0 N–H and O–H groups in total. The summed E-state index contributed by atoms with van der Waals surface area (Å²) in [5, 5.41) is 1.54. The Morgan fingerprint density at radius 1 is 1.07 bits per heavy atom. The molecule has 0 bridgehead atoms. The third-order valence-corrected chi connectivity index (χ3v) is 7.13. The lowest BCUT2D eigenvalue weighted by atomic mass is 10.1. The van der Waals surface area contributed by atoms with Crippen LogP contribution in [0.5, 0.6) is 0 Å². The lowest BCUT2D eigenvalue weighted by Gasteiger charge is -2.27. The van der Waals surface area contributed by atoms with Crippen molar-refractivity contribution in [2.75, 3.05) is 11.5 Å². The van der Waals surface area contributed by atoms with Crippen molar-refractivity contribution in [2.45, 2.75) is 19.0 Å². The van der Waals surface area contributed by atoms with E-state index in [0.29, 0.717) is 33.6 Å². The van der Waals surface area contributed by atoms with Gasteiger partial charge in [0.1, 0.15) is 0 Å². The maximum atomic E-state index is 12.9. The quantitative estimate of drug-likeness (QED) is 0.600. The predicted molar refractivity (Wildman–Crippen MR) is 115 cm³/mol. The lowest BCUT2D eigenvalue weighted by Crippen LogP contribution is -2.39. The highest BCUT2D eigenvalue weighted by Gasteiger charge is 2.34. The molecule has 3 rings (SSSR count). The topological polar surface area (TPSA) is 54.5 Å². The van der Waals surface area contributed by atoms with Crippen molar-refractivity contribution in [3.63, 3.8) is 0 Å². The summed E-state index contributed by atoms with van der Waals surface area (Å²) in [5.74, 6) is -0.209. The number of amides is 1. The first-order valence-electron chi connectivity index (χ1n) is 8.62. The number of carbonyl (C=O) groups is 1. The van der Waals surface area contributed by atoms with Crippen molar-refractivity contribution in [3.05, 3.63) is 74.7 Å². The summed E-state index contributed by atoms with van der Waals surface area (Å²) in [6, 6.07) is 11.8. The zero-order valence-corrected chi connectivity index (χ0v) is 17.9. The van der Waals surface area contributed by atoms with E-state index in [4.69, 9.17) is 34.8 Å². The second-order valence-electron chi connectivity index (χ2n) is 6.65. The average Bonchev–Trinajstić information content (AvgIpc) is 2.99. The predicted octanol–water partition coefficient (Wildman–Crippen LogP) is 4.88. The van der Waals surface area contributed by atoms with E-state index in [9.17, 15) is 13.2 Å². The van der Waals surface area contributed by atoms with Crippen LogP contribution >= 0.6 is 34.8 Å². The van der Waals surface area contributed by atoms with Crippen molar-refractivity contribution in [3.8, 4) is 0 Å².